The van der Waals surface area contributed by atoms with Crippen molar-refractivity contribution in [3.05, 3.63) is 59.7 Å². The molecule has 2 aromatic carbocycles. The Labute approximate surface area is 204 Å². The minimum atomic E-state index is -1.07. The number of fused-ring (bicyclic) bond motifs is 3. The van der Waals surface area contributed by atoms with Gasteiger partial charge in [0.05, 0.1) is 18.6 Å². The minimum absolute atomic E-state index is 0.0283. The number of aliphatic carboxylic acids is 1. The summed E-state index contributed by atoms with van der Waals surface area (Å²) < 4.78 is 10.8. The normalized spacial score (nSPS) is 21.8. The molecule has 35 heavy (non-hydrogen) atoms. The van der Waals surface area contributed by atoms with Crippen molar-refractivity contribution in [2.24, 2.45) is 5.41 Å². The first-order valence-electron chi connectivity index (χ1n) is 12.0. The van der Waals surface area contributed by atoms with Crippen LogP contribution in [0.15, 0.2) is 48.5 Å². The van der Waals surface area contributed by atoms with Gasteiger partial charge in [-0.1, -0.05) is 48.5 Å². The highest BCUT2D eigenvalue weighted by Crippen LogP contribution is 2.45. The number of carbonyl (C=O) groups excluding carboxylic acids is 2. The lowest BCUT2D eigenvalue weighted by molar-refractivity contribution is -0.151. The van der Waals surface area contributed by atoms with Crippen molar-refractivity contribution in [1.82, 2.24) is 10.2 Å². The fourth-order valence-electron chi connectivity index (χ4n) is 5.46. The predicted octanol–water partition coefficient (Wildman–Crippen LogP) is 3.40. The summed E-state index contributed by atoms with van der Waals surface area (Å²) >= 11 is 0. The number of hydrogen-bond donors (Lipinski definition) is 2. The van der Waals surface area contributed by atoms with Gasteiger partial charge in [-0.2, -0.15) is 0 Å². The average molecular weight is 479 g/mol. The van der Waals surface area contributed by atoms with Crippen molar-refractivity contribution in [2.75, 3.05) is 33.4 Å². The zero-order valence-electron chi connectivity index (χ0n) is 19.8. The number of likely N-dealkylation sites (tertiary alicyclic amines) is 1. The number of carboxylic acids is 1. The molecule has 1 saturated carbocycles. The van der Waals surface area contributed by atoms with Gasteiger partial charge in [0.25, 0.3) is 0 Å². The van der Waals surface area contributed by atoms with E-state index in [-0.39, 0.29) is 38.0 Å². The van der Waals surface area contributed by atoms with E-state index >= 15 is 0 Å². The van der Waals surface area contributed by atoms with Crippen LogP contribution in [0.3, 0.4) is 0 Å². The molecule has 3 aliphatic rings. The van der Waals surface area contributed by atoms with Gasteiger partial charge in [0.15, 0.2) is 0 Å². The molecule has 2 aliphatic carbocycles. The fraction of sp³-hybridized carbons (Fsp3) is 0.444. The van der Waals surface area contributed by atoms with Crippen LogP contribution in [0.4, 0.5) is 4.79 Å². The van der Waals surface area contributed by atoms with E-state index in [1.54, 1.807) is 4.90 Å². The molecule has 0 bridgehead atoms. The molecule has 1 aliphatic heterocycles. The maximum atomic E-state index is 12.9. The molecule has 0 radical (unpaired) electrons. The Kier molecular flexibility index (Phi) is 6.01. The van der Waals surface area contributed by atoms with E-state index in [0.29, 0.717) is 25.8 Å². The summed E-state index contributed by atoms with van der Waals surface area (Å²) in [6, 6.07) is 16.3. The predicted molar refractivity (Wildman–Crippen MR) is 128 cm³/mol. The van der Waals surface area contributed by atoms with Gasteiger partial charge in [-0.25, -0.2) is 4.79 Å². The van der Waals surface area contributed by atoms with Gasteiger partial charge in [-0.05, 0) is 41.5 Å². The van der Waals surface area contributed by atoms with Crippen LogP contribution in [0.2, 0.25) is 0 Å². The molecule has 8 nitrogen and oxygen atoms in total. The maximum absolute atomic E-state index is 12.9. The second-order valence-corrected chi connectivity index (χ2v) is 9.99. The molecule has 0 spiro atoms. The van der Waals surface area contributed by atoms with Crippen LogP contribution in [0.5, 0.6) is 0 Å². The molecule has 2 N–H and O–H groups in total. The van der Waals surface area contributed by atoms with Gasteiger partial charge >= 0.3 is 12.1 Å². The van der Waals surface area contributed by atoms with Gasteiger partial charge in [-0.15, -0.1) is 0 Å². The Bertz CT molecular complexity index is 1110. The highest BCUT2D eigenvalue weighted by atomic mass is 16.5. The molecule has 1 saturated heterocycles. The quantitative estimate of drug-likeness (QED) is 0.603. The molecule has 8 heteroatoms. The lowest BCUT2D eigenvalue weighted by atomic mass is 9.88. The first-order valence-corrected chi connectivity index (χ1v) is 12.0. The summed E-state index contributed by atoms with van der Waals surface area (Å²) in [5.74, 6) is -1.13. The molecule has 2 aromatic rings. The SMILES string of the molecule is COCC1(C(=O)O)CCN(C(=O)CC2(NC(=O)OCC3c4ccccc4-c4ccccc43)CC2)C1. The van der Waals surface area contributed by atoms with Crippen LogP contribution in [0.1, 0.15) is 42.7 Å². The Morgan fingerprint density at radius 3 is 2.23 bits per heavy atom. The third kappa shape index (κ3) is 4.38. The van der Waals surface area contributed by atoms with Crippen molar-refractivity contribution in [3.63, 3.8) is 0 Å². The maximum Gasteiger partial charge on any atom is 0.407 e. The zero-order valence-corrected chi connectivity index (χ0v) is 19.8. The van der Waals surface area contributed by atoms with Crippen LogP contribution in [-0.2, 0) is 19.1 Å². The largest absolute Gasteiger partial charge is 0.481 e. The summed E-state index contributed by atoms with van der Waals surface area (Å²) in [6.07, 6.45) is 1.35. The number of nitrogens with zero attached hydrogens (tertiary/aromatic N) is 1. The molecule has 2 amide bonds. The van der Waals surface area contributed by atoms with Gasteiger partial charge in [0.1, 0.15) is 12.0 Å². The minimum Gasteiger partial charge on any atom is -0.481 e. The molecule has 1 heterocycles. The number of amides is 2. The standard InChI is InChI=1S/C27H30N2O6/c1-34-17-26(24(31)32)12-13-29(16-26)23(30)14-27(10-11-27)28-25(33)35-15-22-20-8-4-2-6-18(20)19-7-3-5-9-21(19)22/h2-9,22H,10-17H2,1H3,(H,28,33)(H,31,32). The highest BCUT2D eigenvalue weighted by molar-refractivity contribution is 5.83. The summed E-state index contributed by atoms with van der Waals surface area (Å²) in [4.78, 5) is 39.0. The molecule has 0 aromatic heterocycles. The van der Waals surface area contributed by atoms with Crippen molar-refractivity contribution in [2.45, 2.75) is 37.1 Å². The number of methoxy groups -OCH3 is 1. The Hall–Kier alpha value is -3.39. The molecule has 1 atom stereocenters. The van der Waals surface area contributed by atoms with Crippen molar-refractivity contribution < 1.29 is 29.0 Å². The number of nitrogens with one attached hydrogen (secondary N) is 1. The van der Waals surface area contributed by atoms with E-state index in [1.807, 2.05) is 24.3 Å². The number of ether oxygens (including phenoxy) is 2. The van der Waals surface area contributed by atoms with Gasteiger partial charge in [-0.3, -0.25) is 9.59 Å². The average Bonchev–Trinajstić information content (AvgIpc) is 3.31. The molecule has 184 valence electrons. The van der Waals surface area contributed by atoms with Crippen LogP contribution in [-0.4, -0.2) is 66.9 Å². The smallest absolute Gasteiger partial charge is 0.407 e. The molecule has 5 rings (SSSR count). The van der Waals surface area contributed by atoms with Crippen LogP contribution < -0.4 is 5.32 Å². The van der Waals surface area contributed by atoms with E-state index in [2.05, 4.69) is 29.6 Å². The number of rotatable bonds is 8. The Morgan fingerprint density at radius 2 is 1.66 bits per heavy atom. The van der Waals surface area contributed by atoms with Crippen molar-refractivity contribution in [3.8, 4) is 11.1 Å². The monoisotopic (exact) mass is 478 g/mol. The summed E-state index contributed by atoms with van der Waals surface area (Å²) in [7, 11) is 1.46. The van der Waals surface area contributed by atoms with Gasteiger partial charge < -0.3 is 24.8 Å². The lowest BCUT2D eigenvalue weighted by Gasteiger charge is -2.25. The van der Waals surface area contributed by atoms with Crippen molar-refractivity contribution >= 4 is 18.0 Å². The molecular formula is C27H30N2O6. The summed E-state index contributed by atoms with van der Waals surface area (Å²) in [5.41, 5.74) is 2.93. The van der Waals surface area contributed by atoms with E-state index < -0.39 is 23.0 Å². The summed E-state index contributed by atoms with van der Waals surface area (Å²) in [6.45, 7) is 0.773. The second kappa shape index (κ2) is 9.00. The zero-order chi connectivity index (χ0) is 24.6. The lowest BCUT2D eigenvalue weighted by Crippen LogP contribution is -2.44. The third-order valence-electron chi connectivity index (χ3n) is 7.63. The van der Waals surface area contributed by atoms with E-state index in [9.17, 15) is 19.5 Å². The van der Waals surface area contributed by atoms with Crippen molar-refractivity contribution in [1.29, 1.82) is 0 Å². The number of hydrogen-bond acceptors (Lipinski definition) is 5. The van der Waals surface area contributed by atoms with E-state index in [1.165, 1.54) is 7.11 Å². The van der Waals surface area contributed by atoms with Crippen LogP contribution >= 0.6 is 0 Å². The van der Waals surface area contributed by atoms with Crippen LogP contribution in [0, 0.1) is 5.41 Å². The second-order valence-electron chi connectivity index (χ2n) is 9.99. The van der Waals surface area contributed by atoms with Gasteiger partial charge in [0.2, 0.25) is 5.91 Å². The summed E-state index contributed by atoms with van der Waals surface area (Å²) in [5, 5.41) is 12.6. The fourth-order valence-corrected chi connectivity index (χ4v) is 5.46. The number of benzene rings is 2. The topological polar surface area (TPSA) is 105 Å². The Balaban J connectivity index is 1.18. The molecule has 1 unspecified atom stereocenters. The van der Waals surface area contributed by atoms with E-state index in [0.717, 1.165) is 22.3 Å². The highest BCUT2D eigenvalue weighted by Gasteiger charge is 2.50. The van der Waals surface area contributed by atoms with Gasteiger partial charge in [0, 0.05) is 26.1 Å². The number of carboxylic acid groups (broad SMARTS) is 1. The number of carbonyl (C=O) groups is 3. The van der Waals surface area contributed by atoms with E-state index in [4.69, 9.17) is 9.47 Å². The first kappa shape index (κ1) is 23.4. The third-order valence-corrected chi connectivity index (χ3v) is 7.63. The molecule has 2 fully saturated rings. The first-order chi connectivity index (χ1) is 16.9. The Morgan fingerprint density at radius 1 is 1.03 bits per heavy atom. The van der Waals surface area contributed by atoms with Crippen LogP contribution in [0.25, 0.3) is 11.1 Å². The molecular weight excluding hydrogens is 448 g/mol. The number of alkyl carbamates (subject to hydrolysis) is 1.